The number of anilines is 5. The van der Waals surface area contributed by atoms with Gasteiger partial charge >= 0.3 is 11.6 Å². The molecule has 0 spiro atoms. The maximum Gasteiger partial charge on any atom is 0.335 e. The minimum absolute atomic E-state index is 0.132. The van der Waals surface area contributed by atoms with Crippen molar-refractivity contribution in [3.8, 4) is 0 Å². The summed E-state index contributed by atoms with van der Waals surface area (Å²) in [4.78, 5) is 18.2. The number of benzene rings is 2. The third kappa shape index (κ3) is 4.57. The molecule has 5 rings (SSSR count). The molecule has 0 fully saturated rings. The molecule has 2 aromatic heterocycles. The predicted octanol–water partition coefficient (Wildman–Crippen LogP) is 3.61. The quantitative estimate of drug-likeness (QED) is 0.429. The second-order valence-corrected chi connectivity index (χ2v) is 7.41. The molecular formula is C21H20FN7O2S. The summed E-state index contributed by atoms with van der Waals surface area (Å²) in [6.45, 7) is 2.90. The number of hydrogen-bond donors (Lipinski definition) is 3. The lowest BCUT2D eigenvalue weighted by Crippen LogP contribution is -2.12. The van der Waals surface area contributed by atoms with Crippen LogP contribution in [0.25, 0.3) is 11.0 Å². The summed E-state index contributed by atoms with van der Waals surface area (Å²) < 4.78 is 30.9. The van der Waals surface area contributed by atoms with Gasteiger partial charge in [0.15, 0.2) is 11.6 Å². The highest BCUT2D eigenvalue weighted by Crippen LogP contribution is 2.30. The minimum atomic E-state index is -0.750. The molecule has 9 nitrogen and oxygen atoms in total. The lowest BCUT2D eigenvalue weighted by Gasteiger charge is -2.13. The Hall–Kier alpha value is -3.86. The SMILES string of the molecule is Cc1nc2ccc(Nc3ncc(F)c(Nc4ccc5c(c4)CCN5C)n3)cc2[nH]1.O=S=O. The number of H-pyrrole nitrogens is 1. The number of aromatic nitrogens is 4. The van der Waals surface area contributed by atoms with Crippen LogP contribution in [-0.2, 0) is 18.0 Å². The van der Waals surface area contributed by atoms with E-state index >= 15 is 0 Å². The molecule has 0 atom stereocenters. The van der Waals surface area contributed by atoms with Gasteiger partial charge in [-0.3, -0.25) is 0 Å². The second-order valence-electron chi connectivity index (χ2n) is 7.28. The largest absolute Gasteiger partial charge is 0.374 e. The van der Waals surface area contributed by atoms with Crippen molar-refractivity contribution < 1.29 is 12.8 Å². The number of nitrogens with one attached hydrogen (secondary N) is 3. The fourth-order valence-electron chi connectivity index (χ4n) is 3.64. The Balaban J connectivity index is 0.000000775. The highest BCUT2D eigenvalue weighted by Gasteiger charge is 2.16. The van der Waals surface area contributed by atoms with Gasteiger partial charge in [0.2, 0.25) is 5.95 Å². The normalized spacial score (nSPS) is 12.2. The second kappa shape index (κ2) is 9.10. The highest BCUT2D eigenvalue weighted by molar-refractivity contribution is 7.51. The van der Waals surface area contributed by atoms with Crippen LogP contribution < -0.4 is 15.5 Å². The maximum atomic E-state index is 14.3. The first kappa shape index (κ1) is 21.4. The standard InChI is InChI=1S/C21H20FN7.O2S/c1-12-24-17-5-3-15(10-18(17)25-12)27-21-23-11-16(22)20(28-21)26-14-4-6-19-13(9-14)7-8-29(19)2;1-3-2/h3-6,9-11H,7-8H2,1-2H3,(H,24,25)(H2,23,26,27,28);. The minimum Gasteiger partial charge on any atom is -0.374 e. The van der Waals surface area contributed by atoms with Gasteiger partial charge < -0.3 is 20.5 Å². The fourth-order valence-corrected chi connectivity index (χ4v) is 3.64. The van der Waals surface area contributed by atoms with Gasteiger partial charge in [0, 0.05) is 30.7 Å². The average molecular weight is 454 g/mol. The monoisotopic (exact) mass is 453 g/mol. The third-order valence-electron chi connectivity index (χ3n) is 5.07. The van der Waals surface area contributed by atoms with Crippen LogP contribution in [0.5, 0.6) is 0 Å². The molecule has 0 amide bonds. The summed E-state index contributed by atoms with van der Waals surface area (Å²) >= 11 is -0.750. The van der Waals surface area contributed by atoms with E-state index in [1.165, 1.54) is 11.3 Å². The lowest BCUT2D eigenvalue weighted by molar-refractivity contribution is 0.619. The maximum absolute atomic E-state index is 14.3. The summed E-state index contributed by atoms with van der Waals surface area (Å²) in [7, 11) is 2.07. The number of hydrogen-bond acceptors (Lipinski definition) is 8. The number of aromatic amines is 1. The number of nitrogens with zero attached hydrogens (tertiary/aromatic N) is 4. The summed E-state index contributed by atoms with van der Waals surface area (Å²) in [5, 5.41) is 6.20. The first-order valence-corrected chi connectivity index (χ1v) is 10.4. The molecule has 0 radical (unpaired) electrons. The van der Waals surface area contributed by atoms with Crippen LogP contribution in [0.4, 0.5) is 33.2 Å². The van der Waals surface area contributed by atoms with E-state index in [1.807, 2.05) is 43.3 Å². The van der Waals surface area contributed by atoms with Crippen LogP contribution in [-0.4, -0.2) is 41.9 Å². The van der Waals surface area contributed by atoms with E-state index in [0.29, 0.717) is 5.95 Å². The van der Waals surface area contributed by atoms with E-state index in [0.717, 1.165) is 47.4 Å². The van der Waals surface area contributed by atoms with Crippen molar-refractivity contribution in [3.63, 3.8) is 0 Å². The first-order chi connectivity index (χ1) is 15.5. The molecule has 2 aromatic carbocycles. The van der Waals surface area contributed by atoms with E-state index in [1.54, 1.807) is 0 Å². The first-order valence-electron chi connectivity index (χ1n) is 9.75. The Morgan fingerprint density at radius 3 is 2.66 bits per heavy atom. The van der Waals surface area contributed by atoms with Gasteiger partial charge in [-0.15, -0.1) is 0 Å². The summed E-state index contributed by atoms with van der Waals surface area (Å²) in [6.07, 6.45) is 2.15. The van der Waals surface area contributed by atoms with Gasteiger partial charge in [0.1, 0.15) is 5.82 Å². The Morgan fingerprint density at radius 2 is 1.84 bits per heavy atom. The number of rotatable bonds is 4. The molecule has 0 unspecified atom stereocenters. The van der Waals surface area contributed by atoms with Gasteiger partial charge in [0.25, 0.3) is 0 Å². The van der Waals surface area contributed by atoms with Crippen LogP contribution in [0.3, 0.4) is 0 Å². The zero-order valence-corrected chi connectivity index (χ0v) is 18.2. The van der Waals surface area contributed by atoms with E-state index in [-0.39, 0.29) is 5.82 Å². The highest BCUT2D eigenvalue weighted by atomic mass is 32.1. The van der Waals surface area contributed by atoms with Crippen LogP contribution in [0.1, 0.15) is 11.4 Å². The van der Waals surface area contributed by atoms with Crippen LogP contribution in [0, 0.1) is 12.7 Å². The van der Waals surface area contributed by atoms with E-state index in [4.69, 9.17) is 8.42 Å². The van der Waals surface area contributed by atoms with Crippen molar-refractivity contribution >= 4 is 51.4 Å². The molecule has 0 aliphatic carbocycles. The Labute approximate surface area is 186 Å². The van der Waals surface area contributed by atoms with Crippen LogP contribution in [0.2, 0.25) is 0 Å². The zero-order valence-electron chi connectivity index (χ0n) is 17.3. The Bertz CT molecular complexity index is 1320. The molecule has 3 N–H and O–H groups in total. The van der Waals surface area contributed by atoms with Crippen molar-refractivity contribution in [2.24, 2.45) is 0 Å². The topological polar surface area (TPSA) is 116 Å². The Morgan fingerprint density at radius 1 is 1.09 bits per heavy atom. The summed E-state index contributed by atoms with van der Waals surface area (Å²) in [6, 6.07) is 11.7. The van der Waals surface area contributed by atoms with Gasteiger partial charge in [-0.05, 0) is 55.3 Å². The van der Waals surface area contributed by atoms with Crippen molar-refractivity contribution in [1.82, 2.24) is 19.9 Å². The molecule has 32 heavy (non-hydrogen) atoms. The number of imidazole rings is 1. The van der Waals surface area contributed by atoms with Crippen molar-refractivity contribution in [3.05, 3.63) is 59.8 Å². The Kier molecular flexibility index (Phi) is 6.08. The van der Waals surface area contributed by atoms with Gasteiger partial charge in [-0.25, -0.2) is 14.4 Å². The van der Waals surface area contributed by atoms with Gasteiger partial charge in [-0.2, -0.15) is 13.4 Å². The van der Waals surface area contributed by atoms with Crippen LogP contribution in [0.15, 0.2) is 42.6 Å². The number of fused-ring (bicyclic) bond motifs is 2. The number of likely N-dealkylation sites (N-methyl/N-ethyl adjacent to an activating group) is 1. The predicted molar refractivity (Wildman–Crippen MR) is 122 cm³/mol. The zero-order chi connectivity index (χ0) is 22.7. The molecule has 3 heterocycles. The fraction of sp³-hybridized carbons (Fsp3) is 0.190. The third-order valence-corrected chi connectivity index (χ3v) is 5.07. The number of aryl methyl sites for hydroxylation is 1. The van der Waals surface area contributed by atoms with Crippen molar-refractivity contribution in [1.29, 1.82) is 0 Å². The van der Waals surface area contributed by atoms with E-state index in [2.05, 4.69) is 42.5 Å². The molecule has 1 aliphatic rings. The molecule has 4 aromatic rings. The molecule has 0 saturated heterocycles. The molecule has 11 heteroatoms. The molecule has 0 bridgehead atoms. The van der Waals surface area contributed by atoms with Crippen molar-refractivity contribution in [2.45, 2.75) is 13.3 Å². The van der Waals surface area contributed by atoms with Crippen LogP contribution >= 0.6 is 0 Å². The average Bonchev–Trinajstić information content (AvgIpc) is 3.32. The molecule has 1 aliphatic heterocycles. The molecule has 164 valence electrons. The van der Waals surface area contributed by atoms with Crippen molar-refractivity contribution in [2.75, 3.05) is 29.1 Å². The van der Waals surface area contributed by atoms with Gasteiger partial charge in [-0.1, -0.05) is 0 Å². The number of halogens is 1. The molecular weight excluding hydrogens is 433 g/mol. The summed E-state index contributed by atoms with van der Waals surface area (Å²) in [5.41, 5.74) is 5.85. The summed E-state index contributed by atoms with van der Waals surface area (Å²) in [5.74, 6) is 0.785. The van der Waals surface area contributed by atoms with E-state index < -0.39 is 17.4 Å². The lowest BCUT2D eigenvalue weighted by atomic mass is 10.1. The van der Waals surface area contributed by atoms with Gasteiger partial charge in [0.05, 0.1) is 17.2 Å². The smallest absolute Gasteiger partial charge is 0.335 e. The molecule has 0 saturated carbocycles. The van der Waals surface area contributed by atoms with E-state index in [9.17, 15) is 4.39 Å².